The molecular weight excluding hydrogens is 386 g/mol. The van der Waals surface area contributed by atoms with E-state index in [2.05, 4.69) is 27.8 Å². The van der Waals surface area contributed by atoms with Crippen molar-refractivity contribution < 1.29 is 4.79 Å². The van der Waals surface area contributed by atoms with E-state index in [0.717, 1.165) is 30.3 Å². The number of rotatable bonds is 4. The average molecular weight is 404 g/mol. The Labute approximate surface area is 165 Å². The number of piperazine rings is 1. The fourth-order valence-corrected chi connectivity index (χ4v) is 4.88. The topological polar surface area (TPSA) is 36.4 Å². The summed E-state index contributed by atoms with van der Waals surface area (Å²) in [6, 6.07) is 11.4. The highest BCUT2D eigenvalue weighted by Crippen LogP contribution is 2.28. The van der Waals surface area contributed by atoms with Crippen molar-refractivity contribution in [1.29, 1.82) is 0 Å². The van der Waals surface area contributed by atoms with Crippen LogP contribution in [-0.2, 0) is 6.54 Å². The van der Waals surface area contributed by atoms with Crippen LogP contribution < -0.4 is 0 Å². The van der Waals surface area contributed by atoms with Gasteiger partial charge in [0, 0.05) is 38.1 Å². The molecule has 26 heavy (non-hydrogen) atoms. The molecule has 2 aromatic heterocycles. The first-order chi connectivity index (χ1) is 12.7. The van der Waals surface area contributed by atoms with Gasteiger partial charge < -0.3 is 4.90 Å². The van der Waals surface area contributed by atoms with Crippen molar-refractivity contribution in [3.63, 3.8) is 0 Å². The number of aromatic nitrogens is 1. The second kappa shape index (κ2) is 7.88. The average Bonchev–Trinajstić information content (AvgIpc) is 3.34. The van der Waals surface area contributed by atoms with Gasteiger partial charge in [-0.25, -0.2) is 4.98 Å². The summed E-state index contributed by atoms with van der Waals surface area (Å²) in [5, 5.41) is 5.81. The number of benzene rings is 1. The number of hydrogen-bond acceptors (Lipinski definition) is 5. The lowest BCUT2D eigenvalue weighted by Crippen LogP contribution is -2.48. The van der Waals surface area contributed by atoms with E-state index in [1.54, 1.807) is 34.8 Å². The van der Waals surface area contributed by atoms with Gasteiger partial charge in [-0.2, -0.15) is 0 Å². The molecule has 0 bridgehead atoms. The molecule has 4 rings (SSSR count). The van der Waals surface area contributed by atoms with Gasteiger partial charge in [-0.3, -0.25) is 9.69 Å². The first-order valence-electron chi connectivity index (χ1n) is 8.45. The quantitative estimate of drug-likeness (QED) is 0.644. The van der Waals surface area contributed by atoms with E-state index in [9.17, 15) is 4.79 Å². The number of hydrogen-bond donors (Lipinski definition) is 0. The van der Waals surface area contributed by atoms with Crippen molar-refractivity contribution in [2.24, 2.45) is 0 Å². The van der Waals surface area contributed by atoms with E-state index in [1.807, 2.05) is 17.0 Å². The van der Waals surface area contributed by atoms with Crippen LogP contribution in [-0.4, -0.2) is 46.9 Å². The summed E-state index contributed by atoms with van der Waals surface area (Å²) < 4.78 is 0. The number of carbonyl (C=O) groups excluding carboxylic acids is 1. The van der Waals surface area contributed by atoms with Crippen LogP contribution in [0.25, 0.3) is 9.88 Å². The maximum Gasteiger partial charge on any atom is 0.255 e. The SMILES string of the molecule is O=C(c1ccccc1Cl)N1CCN(Cc2csc(-c3cccs3)n2)CC1. The predicted octanol–water partition coefficient (Wildman–Crippen LogP) is 4.48. The van der Waals surface area contributed by atoms with Gasteiger partial charge in [0.2, 0.25) is 0 Å². The smallest absolute Gasteiger partial charge is 0.255 e. The lowest BCUT2D eigenvalue weighted by molar-refractivity contribution is 0.0627. The maximum absolute atomic E-state index is 12.6. The lowest BCUT2D eigenvalue weighted by atomic mass is 10.2. The summed E-state index contributed by atoms with van der Waals surface area (Å²) in [7, 11) is 0. The predicted molar refractivity (Wildman–Crippen MR) is 108 cm³/mol. The number of halogens is 1. The third-order valence-electron chi connectivity index (χ3n) is 4.43. The van der Waals surface area contributed by atoms with Gasteiger partial charge in [-0.15, -0.1) is 22.7 Å². The highest BCUT2D eigenvalue weighted by atomic mass is 35.5. The summed E-state index contributed by atoms with van der Waals surface area (Å²) in [6.45, 7) is 3.96. The molecule has 134 valence electrons. The number of thiazole rings is 1. The van der Waals surface area contributed by atoms with E-state index in [1.165, 1.54) is 4.88 Å². The third-order valence-corrected chi connectivity index (χ3v) is 6.69. The van der Waals surface area contributed by atoms with Gasteiger partial charge >= 0.3 is 0 Å². The van der Waals surface area contributed by atoms with Crippen LogP contribution in [0.4, 0.5) is 0 Å². The van der Waals surface area contributed by atoms with Gasteiger partial charge in [0.15, 0.2) is 0 Å². The largest absolute Gasteiger partial charge is 0.336 e. The van der Waals surface area contributed by atoms with Crippen LogP contribution in [0.5, 0.6) is 0 Å². The molecule has 1 aliphatic rings. The molecule has 1 fully saturated rings. The Bertz CT molecular complexity index is 886. The molecule has 0 aliphatic carbocycles. The number of amides is 1. The molecular formula is C19H18ClN3OS2. The number of thiophene rings is 1. The minimum atomic E-state index is 0.0175. The minimum absolute atomic E-state index is 0.0175. The molecule has 0 N–H and O–H groups in total. The molecule has 7 heteroatoms. The van der Waals surface area contributed by atoms with Crippen molar-refractivity contribution in [2.75, 3.05) is 26.2 Å². The molecule has 1 aromatic carbocycles. The molecule has 1 saturated heterocycles. The van der Waals surface area contributed by atoms with Crippen LogP contribution in [0.1, 0.15) is 16.1 Å². The fourth-order valence-electron chi connectivity index (χ4n) is 3.04. The second-order valence-corrected chi connectivity index (χ2v) is 8.38. The Morgan fingerprint density at radius 1 is 1.08 bits per heavy atom. The van der Waals surface area contributed by atoms with Crippen LogP contribution >= 0.6 is 34.3 Å². The van der Waals surface area contributed by atoms with Crippen molar-refractivity contribution in [3.05, 3.63) is 63.4 Å². The lowest BCUT2D eigenvalue weighted by Gasteiger charge is -2.34. The Kier molecular flexibility index (Phi) is 5.36. The molecule has 1 amide bonds. The van der Waals surface area contributed by atoms with E-state index in [4.69, 9.17) is 16.6 Å². The Hall–Kier alpha value is -1.73. The molecule has 4 nitrogen and oxygen atoms in total. The molecule has 0 unspecified atom stereocenters. The van der Waals surface area contributed by atoms with Crippen molar-refractivity contribution in [3.8, 4) is 9.88 Å². The van der Waals surface area contributed by atoms with E-state index in [-0.39, 0.29) is 5.91 Å². The Balaban J connectivity index is 1.34. The molecule has 3 aromatic rings. The van der Waals surface area contributed by atoms with Crippen LogP contribution in [0.2, 0.25) is 5.02 Å². The zero-order valence-electron chi connectivity index (χ0n) is 14.1. The van der Waals surface area contributed by atoms with E-state index < -0.39 is 0 Å². The normalized spacial score (nSPS) is 15.3. The molecule has 0 spiro atoms. The van der Waals surface area contributed by atoms with Gasteiger partial charge in [0.25, 0.3) is 5.91 Å². The summed E-state index contributed by atoms with van der Waals surface area (Å²) in [4.78, 5) is 22.8. The van der Waals surface area contributed by atoms with E-state index >= 15 is 0 Å². The van der Waals surface area contributed by atoms with Crippen LogP contribution in [0.15, 0.2) is 47.2 Å². The zero-order valence-corrected chi connectivity index (χ0v) is 16.5. The molecule has 0 saturated carbocycles. The van der Waals surface area contributed by atoms with Gasteiger partial charge in [-0.05, 0) is 23.6 Å². The summed E-state index contributed by atoms with van der Waals surface area (Å²) >= 11 is 9.57. The second-order valence-electron chi connectivity index (χ2n) is 6.17. The highest BCUT2D eigenvalue weighted by molar-refractivity contribution is 7.20. The fraction of sp³-hybridized carbons (Fsp3) is 0.263. The Morgan fingerprint density at radius 2 is 1.88 bits per heavy atom. The first-order valence-corrected chi connectivity index (χ1v) is 10.6. The summed E-state index contributed by atoms with van der Waals surface area (Å²) in [5.41, 5.74) is 1.69. The van der Waals surface area contributed by atoms with Crippen molar-refractivity contribution >= 4 is 40.2 Å². The standard InChI is InChI=1S/C19H18ClN3OS2/c20-16-5-2-1-4-15(16)19(24)23-9-7-22(8-10-23)12-14-13-26-18(21-14)17-6-3-11-25-17/h1-6,11,13H,7-10,12H2. The molecule has 0 atom stereocenters. The highest BCUT2D eigenvalue weighted by Gasteiger charge is 2.23. The molecule has 1 aliphatic heterocycles. The zero-order chi connectivity index (χ0) is 17.9. The number of nitrogens with zero attached hydrogens (tertiary/aromatic N) is 3. The summed E-state index contributed by atoms with van der Waals surface area (Å²) in [5.74, 6) is 0.0175. The van der Waals surface area contributed by atoms with Gasteiger partial charge in [0.05, 0.1) is 21.2 Å². The van der Waals surface area contributed by atoms with Gasteiger partial charge in [-0.1, -0.05) is 29.8 Å². The third kappa shape index (κ3) is 3.83. The maximum atomic E-state index is 12.6. The minimum Gasteiger partial charge on any atom is -0.336 e. The van der Waals surface area contributed by atoms with Crippen LogP contribution in [0, 0.1) is 0 Å². The van der Waals surface area contributed by atoms with Crippen molar-refractivity contribution in [1.82, 2.24) is 14.8 Å². The van der Waals surface area contributed by atoms with Crippen molar-refractivity contribution in [2.45, 2.75) is 6.54 Å². The Morgan fingerprint density at radius 3 is 2.62 bits per heavy atom. The molecule has 0 radical (unpaired) electrons. The van der Waals surface area contributed by atoms with Crippen LogP contribution in [0.3, 0.4) is 0 Å². The van der Waals surface area contributed by atoms with Gasteiger partial charge in [0.1, 0.15) is 5.01 Å². The monoisotopic (exact) mass is 403 g/mol. The summed E-state index contributed by atoms with van der Waals surface area (Å²) in [6.07, 6.45) is 0. The van der Waals surface area contributed by atoms with E-state index in [0.29, 0.717) is 23.7 Å². The number of carbonyl (C=O) groups is 1. The molecule has 3 heterocycles. The first kappa shape index (κ1) is 17.7.